The van der Waals surface area contributed by atoms with E-state index in [1.807, 2.05) is 13.8 Å². The second kappa shape index (κ2) is 6.87. The first kappa shape index (κ1) is 16.4. The van der Waals surface area contributed by atoms with E-state index in [4.69, 9.17) is 0 Å². The summed E-state index contributed by atoms with van der Waals surface area (Å²) in [5.41, 5.74) is 0. The molecule has 1 aromatic rings. The highest BCUT2D eigenvalue weighted by molar-refractivity contribution is 9.11. The summed E-state index contributed by atoms with van der Waals surface area (Å²) in [5, 5.41) is 3.42. The Bertz CT molecular complexity index is 536. The lowest BCUT2D eigenvalue weighted by molar-refractivity contribution is 0.283. The van der Waals surface area contributed by atoms with Gasteiger partial charge in [-0.05, 0) is 61.3 Å². The van der Waals surface area contributed by atoms with E-state index in [2.05, 4.69) is 21.2 Å². The first-order valence-corrected chi connectivity index (χ1v) is 9.97. The van der Waals surface area contributed by atoms with Gasteiger partial charge in [-0.15, -0.1) is 11.3 Å². The van der Waals surface area contributed by atoms with Gasteiger partial charge in [-0.3, -0.25) is 0 Å². The van der Waals surface area contributed by atoms with Crippen LogP contribution in [0, 0.1) is 0 Å². The van der Waals surface area contributed by atoms with E-state index < -0.39 is 10.0 Å². The van der Waals surface area contributed by atoms with Gasteiger partial charge in [-0.25, -0.2) is 8.42 Å². The molecule has 0 amide bonds. The fourth-order valence-electron chi connectivity index (χ4n) is 2.44. The van der Waals surface area contributed by atoms with Crippen LogP contribution in [0.1, 0.15) is 33.1 Å². The number of hydrogen-bond acceptors (Lipinski definition) is 4. The van der Waals surface area contributed by atoms with Gasteiger partial charge in [0.2, 0.25) is 0 Å². The molecule has 1 unspecified atom stereocenters. The quantitative estimate of drug-likeness (QED) is 0.853. The average Bonchev–Trinajstić information content (AvgIpc) is 2.84. The summed E-state index contributed by atoms with van der Waals surface area (Å²) in [6.45, 7) is 5.41. The molecular formula is C13H21BrN2O2S2. The summed E-state index contributed by atoms with van der Waals surface area (Å²) < 4.78 is 28.4. The van der Waals surface area contributed by atoms with E-state index >= 15 is 0 Å². The predicted octanol–water partition coefficient (Wildman–Crippen LogP) is 3.05. The molecule has 0 saturated carbocycles. The van der Waals surface area contributed by atoms with Crippen molar-refractivity contribution in [2.45, 2.75) is 49.4 Å². The topological polar surface area (TPSA) is 49.4 Å². The zero-order valence-corrected chi connectivity index (χ0v) is 15.0. The fourth-order valence-corrected chi connectivity index (χ4v) is 6.26. The van der Waals surface area contributed by atoms with Gasteiger partial charge in [-0.2, -0.15) is 4.31 Å². The maximum Gasteiger partial charge on any atom is 0.252 e. The SMILES string of the molecule is CC(C)N(CC1CCCCN1)S(=O)(=O)c1ccc(Br)s1. The lowest BCUT2D eigenvalue weighted by Crippen LogP contribution is -2.48. The van der Waals surface area contributed by atoms with Crippen LogP contribution in [0.2, 0.25) is 0 Å². The molecule has 114 valence electrons. The Morgan fingerprint density at radius 1 is 1.45 bits per heavy atom. The first-order chi connectivity index (χ1) is 9.41. The molecule has 0 aromatic carbocycles. The molecule has 20 heavy (non-hydrogen) atoms. The van der Waals surface area contributed by atoms with Crippen molar-refractivity contribution in [2.24, 2.45) is 0 Å². The van der Waals surface area contributed by atoms with Crippen molar-refractivity contribution in [3.05, 3.63) is 15.9 Å². The lowest BCUT2D eigenvalue weighted by Gasteiger charge is -2.32. The van der Waals surface area contributed by atoms with E-state index in [1.165, 1.54) is 24.2 Å². The molecule has 1 saturated heterocycles. The molecule has 1 aliphatic heterocycles. The van der Waals surface area contributed by atoms with Crippen LogP contribution >= 0.6 is 27.3 Å². The third kappa shape index (κ3) is 3.82. The molecule has 1 atom stereocenters. The third-order valence-electron chi connectivity index (χ3n) is 3.50. The lowest BCUT2D eigenvalue weighted by atomic mass is 10.1. The Hall–Kier alpha value is 0.0500. The number of thiophene rings is 1. The van der Waals surface area contributed by atoms with Crippen LogP contribution in [0.25, 0.3) is 0 Å². The molecular weight excluding hydrogens is 360 g/mol. The molecule has 1 N–H and O–H groups in total. The maximum absolute atomic E-state index is 12.7. The predicted molar refractivity (Wildman–Crippen MR) is 86.7 cm³/mol. The smallest absolute Gasteiger partial charge is 0.252 e. The van der Waals surface area contributed by atoms with Crippen LogP contribution < -0.4 is 5.32 Å². The maximum atomic E-state index is 12.7. The summed E-state index contributed by atoms with van der Waals surface area (Å²) in [5.74, 6) is 0. The van der Waals surface area contributed by atoms with Crippen molar-refractivity contribution in [3.63, 3.8) is 0 Å². The van der Waals surface area contributed by atoms with Crippen molar-refractivity contribution in [1.29, 1.82) is 0 Å². The Labute approximate surface area is 133 Å². The van der Waals surface area contributed by atoms with Crippen molar-refractivity contribution in [2.75, 3.05) is 13.1 Å². The molecule has 0 aliphatic carbocycles. The summed E-state index contributed by atoms with van der Waals surface area (Å²) in [4.78, 5) is 0. The van der Waals surface area contributed by atoms with Gasteiger partial charge in [0.1, 0.15) is 4.21 Å². The van der Waals surface area contributed by atoms with Crippen LogP contribution in [0.4, 0.5) is 0 Å². The van der Waals surface area contributed by atoms with E-state index in [9.17, 15) is 8.42 Å². The van der Waals surface area contributed by atoms with Crippen LogP contribution in [0.5, 0.6) is 0 Å². The van der Waals surface area contributed by atoms with Gasteiger partial charge in [0.25, 0.3) is 10.0 Å². The Kier molecular flexibility index (Phi) is 5.64. The van der Waals surface area contributed by atoms with Crippen LogP contribution in [-0.2, 0) is 10.0 Å². The number of sulfonamides is 1. The van der Waals surface area contributed by atoms with Gasteiger partial charge < -0.3 is 5.32 Å². The highest BCUT2D eigenvalue weighted by Gasteiger charge is 2.30. The zero-order valence-electron chi connectivity index (χ0n) is 11.8. The molecule has 1 aliphatic rings. The van der Waals surface area contributed by atoms with Crippen LogP contribution in [0.15, 0.2) is 20.1 Å². The van der Waals surface area contributed by atoms with Gasteiger partial charge in [0.05, 0.1) is 3.79 Å². The van der Waals surface area contributed by atoms with Crippen LogP contribution in [0.3, 0.4) is 0 Å². The number of nitrogens with one attached hydrogen (secondary N) is 1. The largest absolute Gasteiger partial charge is 0.313 e. The molecule has 0 spiro atoms. The third-order valence-corrected chi connectivity index (χ3v) is 7.63. The highest BCUT2D eigenvalue weighted by atomic mass is 79.9. The molecule has 0 bridgehead atoms. The summed E-state index contributed by atoms with van der Waals surface area (Å²) in [6.07, 6.45) is 3.41. The van der Waals surface area contributed by atoms with Crippen molar-refractivity contribution < 1.29 is 8.42 Å². The number of hydrogen-bond donors (Lipinski definition) is 1. The Morgan fingerprint density at radius 3 is 2.70 bits per heavy atom. The van der Waals surface area contributed by atoms with Gasteiger partial charge in [0.15, 0.2) is 0 Å². The molecule has 1 fully saturated rings. The first-order valence-electron chi connectivity index (χ1n) is 6.92. The summed E-state index contributed by atoms with van der Waals surface area (Å²) in [6, 6.07) is 3.69. The number of piperidine rings is 1. The van der Waals surface area contributed by atoms with E-state index in [1.54, 1.807) is 16.4 Å². The number of rotatable bonds is 5. The van der Waals surface area contributed by atoms with E-state index in [-0.39, 0.29) is 12.1 Å². The molecule has 2 heterocycles. The zero-order chi connectivity index (χ0) is 14.8. The monoisotopic (exact) mass is 380 g/mol. The van der Waals surface area contributed by atoms with Crippen LogP contribution in [-0.4, -0.2) is 37.9 Å². The second-order valence-corrected chi connectivity index (χ2v) is 9.95. The average molecular weight is 381 g/mol. The number of halogens is 1. The van der Waals surface area contributed by atoms with Gasteiger partial charge in [-0.1, -0.05) is 6.42 Å². The molecule has 7 heteroatoms. The normalized spacial score (nSPS) is 20.8. The van der Waals surface area contributed by atoms with Crippen molar-refractivity contribution in [1.82, 2.24) is 9.62 Å². The fraction of sp³-hybridized carbons (Fsp3) is 0.692. The van der Waals surface area contributed by atoms with E-state index in [0.29, 0.717) is 10.8 Å². The summed E-state index contributed by atoms with van der Waals surface area (Å²) in [7, 11) is -3.40. The molecule has 4 nitrogen and oxygen atoms in total. The minimum atomic E-state index is -3.40. The standard InChI is InChI=1S/C13H21BrN2O2S2/c1-10(2)16(9-11-5-3-4-8-15-11)20(17,18)13-7-6-12(14)19-13/h6-7,10-11,15H,3-5,8-9H2,1-2H3. The van der Waals surface area contributed by atoms with Crippen molar-refractivity contribution in [3.8, 4) is 0 Å². The van der Waals surface area contributed by atoms with E-state index in [0.717, 1.165) is 16.8 Å². The molecule has 2 rings (SSSR count). The highest BCUT2D eigenvalue weighted by Crippen LogP contribution is 2.29. The molecule has 0 radical (unpaired) electrons. The van der Waals surface area contributed by atoms with Crippen molar-refractivity contribution >= 4 is 37.3 Å². The van der Waals surface area contributed by atoms with Gasteiger partial charge in [0, 0.05) is 18.6 Å². The second-order valence-electron chi connectivity index (χ2n) is 5.37. The molecule has 1 aromatic heterocycles. The minimum absolute atomic E-state index is 0.0374. The number of nitrogens with zero attached hydrogens (tertiary/aromatic N) is 1. The Morgan fingerprint density at radius 2 is 2.20 bits per heavy atom. The Balaban J connectivity index is 2.19. The van der Waals surface area contributed by atoms with Gasteiger partial charge >= 0.3 is 0 Å². The summed E-state index contributed by atoms with van der Waals surface area (Å²) >= 11 is 4.60. The minimum Gasteiger partial charge on any atom is -0.313 e.